The number of hydrogen-bond acceptors (Lipinski definition) is 3. The van der Waals surface area contributed by atoms with Crippen molar-refractivity contribution in [3.63, 3.8) is 0 Å². The summed E-state index contributed by atoms with van der Waals surface area (Å²) in [6.07, 6.45) is 0. The van der Waals surface area contributed by atoms with Crippen molar-refractivity contribution in [3.05, 3.63) is 6.58 Å². The molecule has 4 nitrogen and oxygen atoms in total. The zero-order chi connectivity index (χ0) is 6.99. The molecule has 0 fully saturated rings. The summed E-state index contributed by atoms with van der Waals surface area (Å²) in [7, 11) is 0. The van der Waals surface area contributed by atoms with Gasteiger partial charge in [-0.3, -0.25) is 0 Å². The molecule has 0 saturated heterocycles. The largest absolute Gasteiger partial charge is 0.375 e. The van der Waals surface area contributed by atoms with E-state index in [1.54, 1.807) is 0 Å². The molecule has 0 aliphatic heterocycles. The maximum absolute atomic E-state index is 8.57. The van der Waals surface area contributed by atoms with Crippen molar-refractivity contribution in [2.75, 3.05) is 0 Å². The second kappa shape index (κ2) is 9.44. The fourth-order valence-corrected chi connectivity index (χ4v) is 0. The molecule has 0 saturated carbocycles. The van der Waals surface area contributed by atoms with Crippen LogP contribution in [0.25, 0.3) is 0 Å². The fraction of sp³-hybridized carbons (Fsp3) is 0. The van der Waals surface area contributed by atoms with Gasteiger partial charge in [0.1, 0.15) is 5.94 Å². The molecule has 0 radical (unpaired) electrons. The van der Waals surface area contributed by atoms with E-state index in [2.05, 4.69) is 24.6 Å². The van der Waals surface area contributed by atoms with Crippen LogP contribution in [0.5, 0.6) is 0 Å². The van der Waals surface area contributed by atoms with Gasteiger partial charge >= 0.3 is 0 Å². The van der Waals surface area contributed by atoms with Crippen LogP contribution in [0.2, 0.25) is 0 Å². The first-order chi connectivity index (χ1) is 3.68. The highest BCUT2D eigenvalue weighted by Gasteiger charge is 1.66. The lowest BCUT2D eigenvalue weighted by Crippen LogP contribution is -2.34. The zero-order valence-corrected chi connectivity index (χ0v) is 4.99. The van der Waals surface area contributed by atoms with Crippen LogP contribution in [0.15, 0.2) is 6.58 Å². The minimum atomic E-state index is 0.116. The molecule has 0 rings (SSSR count). The van der Waals surface area contributed by atoms with Crippen LogP contribution in [-0.4, -0.2) is 11.1 Å². The Balaban J connectivity index is 0. The molecule has 0 heterocycles. The van der Waals surface area contributed by atoms with Gasteiger partial charge in [-0.15, -0.1) is 0 Å². The number of carbonyl (C=O) groups excluding carboxylic acids is 1. The average molecular weight is 133 g/mol. The summed E-state index contributed by atoms with van der Waals surface area (Å²) >= 11 is 4.24. The number of hydrazine groups is 1. The van der Waals surface area contributed by atoms with E-state index < -0.39 is 0 Å². The molecule has 0 amide bonds. The lowest BCUT2D eigenvalue weighted by Gasteiger charge is -1.85. The summed E-state index contributed by atoms with van der Waals surface area (Å²) in [5.41, 5.74) is 6.82. The molecule has 0 atom stereocenters. The second-order valence-corrected chi connectivity index (χ2v) is 1.09. The summed E-state index contributed by atoms with van der Waals surface area (Å²) < 4.78 is 0. The molecule has 0 unspecified atom stereocenters. The lowest BCUT2D eigenvalue weighted by atomic mass is 11.2. The minimum Gasteiger partial charge on any atom is -0.375 e. The van der Waals surface area contributed by atoms with Crippen molar-refractivity contribution >= 4 is 23.3 Å². The summed E-state index contributed by atoms with van der Waals surface area (Å²) in [5, 5.41) is 0.116. The minimum absolute atomic E-state index is 0.116. The number of thiocarbonyl (C=S) groups is 1. The SMILES string of the molecule is C=C=O.NNC(N)=S. The first-order valence-corrected chi connectivity index (χ1v) is 2.00. The Bertz CT molecular complexity index is 96.7. The standard InChI is InChI=1S/C2H2O.CH5N3S/c1-2-3;2-1(5)4-3/h1H2;3H2,(H3,2,4,5). The summed E-state index contributed by atoms with van der Waals surface area (Å²) in [6, 6.07) is 0. The number of nitrogens with two attached hydrogens (primary N) is 2. The molecule has 0 aliphatic rings. The maximum atomic E-state index is 8.57. The molecule has 0 aromatic heterocycles. The lowest BCUT2D eigenvalue weighted by molar-refractivity contribution is 0.569. The quantitative estimate of drug-likeness (QED) is 0.165. The molecule has 46 valence electrons. The van der Waals surface area contributed by atoms with Gasteiger partial charge in [0.25, 0.3) is 0 Å². The van der Waals surface area contributed by atoms with Crippen molar-refractivity contribution in [3.8, 4) is 0 Å². The van der Waals surface area contributed by atoms with Crippen LogP contribution >= 0.6 is 12.2 Å². The van der Waals surface area contributed by atoms with Gasteiger partial charge < -0.3 is 11.2 Å². The first kappa shape index (κ1) is 10.2. The second-order valence-electron chi connectivity index (χ2n) is 0.653. The van der Waals surface area contributed by atoms with Crippen LogP contribution in [0.4, 0.5) is 0 Å². The Hall–Kier alpha value is -0.900. The number of rotatable bonds is 0. The van der Waals surface area contributed by atoms with Gasteiger partial charge in [-0.25, -0.2) is 10.6 Å². The van der Waals surface area contributed by atoms with Crippen LogP contribution in [0.1, 0.15) is 0 Å². The van der Waals surface area contributed by atoms with Gasteiger partial charge in [0.2, 0.25) is 0 Å². The van der Waals surface area contributed by atoms with Crippen molar-refractivity contribution in [2.45, 2.75) is 0 Å². The molecule has 5 N–H and O–H groups in total. The van der Waals surface area contributed by atoms with Gasteiger partial charge in [0.05, 0.1) is 0 Å². The van der Waals surface area contributed by atoms with Crippen molar-refractivity contribution in [1.29, 1.82) is 0 Å². The van der Waals surface area contributed by atoms with Crippen LogP contribution in [0.3, 0.4) is 0 Å². The Kier molecular flexibility index (Phi) is 12.0. The smallest absolute Gasteiger partial charge is 0.177 e. The van der Waals surface area contributed by atoms with E-state index >= 15 is 0 Å². The van der Waals surface area contributed by atoms with Gasteiger partial charge in [0, 0.05) is 0 Å². The zero-order valence-electron chi connectivity index (χ0n) is 4.18. The Morgan fingerprint density at radius 3 is 2.00 bits per heavy atom. The molecule has 0 aromatic rings. The van der Waals surface area contributed by atoms with Crippen molar-refractivity contribution in [2.24, 2.45) is 11.6 Å². The highest BCUT2D eigenvalue weighted by atomic mass is 32.1. The summed E-state index contributed by atoms with van der Waals surface area (Å²) in [5.74, 6) is 5.91. The van der Waals surface area contributed by atoms with Gasteiger partial charge in [-0.1, -0.05) is 0 Å². The maximum Gasteiger partial charge on any atom is 0.177 e. The topological polar surface area (TPSA) is 81.1 Å². The molecule has 0 spiro atoms. The summed E-state index contributed by atoms with van der Waals surface area (Å²) in [6.45, 7) is 2.68. The van der Waals surface area contributed by atoms with Gasteiger partial charge in [0.15, 0.2) is 5.11 Å². The van der Waals surface area contributed by atoms with Gasteiger partial charge in [-0.05, 0) is 18.8 Å². The van der Waals surface area contributed by atoms with E-state index in [0.29, 0.717) is 0 Å². The summed E-state index contributed by atoms with van der Waals surface area (Å²) in [4.78, 5) is 8.57. The number of hydrogen-bond donors (Lipinski definition) is 3. The highest BCUT2D eigenvalue weighted by Crippen LogP contribution is 1.40. The van der Waals surface area contributed by atoms with E-state index in [0.717, 1.165) is 0 Å². The highest BCUT2D eigenvalue weighted by molar-refractivity contribution is 7.80. The normalized spacial score (nSPS) is 5.12. The predicted molar refractivity (Wildman–Crippen MR) is 35.4 cm³/mol. The molecule has 0 aromatic carbocycles. The van der Waals surface area contributed by atoms with Crippen LogP contribution in [-0.2, 0) is 4.79 Å². The Morgan fingerprint density at radius 1 is 1.88 bits per heavy atom. The first-order valence-electron chi connectivity index (χ1n) is 1.59. The molecule has 0 bridgehead atoms. The fourth-order valence-electron chi connectivity index (χ4n) is 0. The monoisotopic (exact) mass is 133 g/mol. The van der Waals surface area contributed by atoms with Crippen LogP contribution < -0.4 is 17.0 Å². The van der Waals surface area contributed by atoms with Crippen molar-refractivity contribution in [1.82, 2.24) is 5.43 Å². The molecular formula is C3H7N3OS. The van der Waals surface area contributed by atoms with E-state index in [1.165, 1.54) is 5.94 Å². The third-order valence-corrected chi connectivity index (χ3v) is 0.260. The molecule has 8 heavy (non-hydrogen) atoms. The van der Waals surface area contributed by atoms with Crippen molar-refractivity contribution < 1.29 is 4.79 Å². The third-order valence-electron chi connectivity index (χ3n) is 0.142. The van der Waals surface area contributed by atoms with Gasteiger partial charge in [-0.2, -0.15) is 0 Å². The Labute approximate surface area is 52.5 Å². The Morgan fingerprint density at radius 2 is 2.00 bits per heavy atom. The molecule has 0 aliphatic carbocycles. The number of nitrogens with one attached hydrogen (secondary N) is 1. The molecule has 5 heteroatoms. The van der Waals surface area contributed by atoms with E-state index in [9.17, 15) is 0 Å². The third kappa shape index (κ3) is 70.9. The average Bonchev–Trinajstić information content (AvgIpc) is 1.69. The predicted octanol–water partition coefficient (Wildman–Crippen LogP) is -1.30. The van der Waals surface area contributed by atoms with Crippen LogP contribution in [0, 0.1) is 0 Å². The molecular weight excluding hydrogens is 126 g/mol. The van der Waals surface area contributed by atoms with E-state index in [4.69, 9.17) is 10.5 Å². The van der Waals surface area contributed by atoms with E-state index in [1.807, 2.05) is 5.43 Å². The van der Waals surface area contributed by atoms with E-state index in [-0.39, 0.29) is 5.11 Å².